The molecule has 3 rings (SSSR count). The van der Waals surface area contributed by atoms with Crippen LogP contribution in [-0.2, 0) is 22.9 Å². The molecule has 0 saturated heterocycles. The molecule has 0 aliphatic heterocycles. The molecule has 2 aromatic carbocycles. The van der Waals surface area contributed by atoms with Crippen LogP contribution < -0.4 is 9.46 Å². The molecule has 0 aliphatic carbocycles. The highest BCUT2D eigenvalue weighted by Crippen LogP contribution is 2.26. The molecule has 0 spiro atoms. The number of benzene rings is 2. The van der Waals surface area contributed by atoms with Gasteiger partial charge < -0.3 is 4.74 Å². The minimum Gasteiger partial charge on any atom is -0.495 e. The van der Waals surface area contributed by atoms with Crippen LogP contribution >= 0.6 is 11.6 Å². The fraction of sp³-hybridized carbons (Fsp3) is 0.222. The molecule has 0 atom stereocenters. The van der Waals surface area contributed by atoms with Crippen molar-refractivity contribution in [3.63, 3.8) is 0 Å². The normalized spacial score (nSPS) is 11.5. The Kier molecular flexibility index (Phi) is 6.28. The lowest BCUT2D eigenvalue weighted by atomic mass is 10.1. The first-order valence-corrected chi connectivity index (χ1v) is 10.2. The first-order valence-electron chi connectivity index (χ1n) is 8.35. The maximum absolute atomic E-state index is 13.0. The second kappa shape index (κ2) is 8.68. The maximum Gasteiger partial charge on any atom is 0.244 e. The Hall–Kier alpha value is -2.49. The summed E-state index contributed by atoms with van der Waals surface area (Å²) >= 11 is 5.89. The summed E-state index contributed by atoms with van der Waals surface area (Å²) in [4.78, 5) is 4.29. The van der Waals surface area contributed by atoms with Crippen molar-refractivity contribution in [2.24, 2.45) is 0 Å². The van der Waals surface area contributed by atoms with Gasteiger partial charge in [-0.2, -0.15) is 5.10 Å². The highest BCUT2D eigenvalue weighted by atomic mass is 35.5. The zero-order valence-electron chi connectivity index (χ0n) is 14.9. The van der Waals surface area contributed by atoms with Gasteiger partial charge in [0.25, 0.3) is 0 Å². The Morgan fingerprint density at radius 1 is 1.21 bits per heavy atom. The molecule has 1 heterocycles. The number of nitrogens with zero attached hydrogens (tertiary/aromatic N) is 2. The van der Waals surface area contributed by atoms with Crippen LogP contribution in [0.1, 0.15) is 17.2 Å². The van der Waals surface area contributed by atoms with E-state index in [4.69, 9.17) is 16.3 Å². The van der Waals surface area contributed by atoms with Gasteiger partial charge in [-0.25, -0.2) is 22.5 Å². The van der Waals surface area contributed by atoms with Crippen LogP contribution in [0.3, 0.4) is 0 Å². The van der Waals surface area contributed by atoms with E-state index < -0.39 is 10.0 Å². The molecule has 0 bridgehead atoms. The molecule has 0 saturated carbocycles. The number of H-pyrrole nitrogens is 1. The summed E-state index contributed by atoms with van der Waals surface area (Å²) in [5, 5.41) is 7.18. The molecule has 0 amide bonds. The van der Waals surface area contributed by atoms with Crippen LogP contribution in [0.4, 0.5) is 4.39 Å². The molecule has 3 aromatic rings. The van der Waals surface area contributed by atoms with Crippen molar-refractivity contribution in [2.45, 2.75) is 17.7 Å². The third-order valence-corrected chi connectivity index (χ3v) is 5.64. The van der Waals surface area contributed by atoms with Gasteiger partial charge in [-0.3, -0.25) is 5.10 Å². The molecule has 1 aromatic heterocycles. The number of halogens is 2. The minimum absolute atomic E-state index is 0.0329. The predicted molar refractivity (Wildman–Crippen MR) is 102 cm³/mol. The lowest BCUT2D eigenvalue weighted by Gasteiger charge is -2.10. The van der Waals surface area contributed by atoms with Gasteiger partial charge in [-0.05, 0) is 35.9 Å². The Balaban J connectivity index is 1.60. The molecule has 0 fully saturated rings. The molecule has 0 aliphatic rings. The van der Waals surface area contributed by atoms with Crippen LogP contribution in [0.25, 0.3) is 0 Å². The first kappa shape index (κ1) is 20.2. The van der Waals surface area contributed by atoms with Crippen molar-refractivity contribution in [2.75, 3.05) is 13.7 Å². The summed E-state index contributed by atoms with van der Waals surface area (Å²) in [5.41, 5.74) is 0.887. The highest BCUT2D eigenvalue weighted by Gasteiger charge is 2.20. The second-order valence-corrected chi connectivity index (χ2v) is 8.12. The van der Waals surface area contributed by atoms with E-state index in [1.807, 2.05) is 0 Å². The molecule has 0 unspecified atom stereocenters. The van der Waals surface area contributed by atoms with E-state index in [-0.39, 0.29) is 23.0 Å². The Morgan fingerprint density at radius 3 is 2.68 bits per heavy atom. The number of rotatable bonds is 8. The van der Waals surface area contributed by atoms with Crippen molar-refractivity contribution in [3.8, 4) is 5.75 Å². The van der Waals surface area contributed by atoms with E-state index >= 15 is 0 Å². The standard InChI is InChI=1S/C18H18ClFN4O3S/c1-27-15-7-4-13(19)11-16(15)28(25,26)21-9-8-17-22-18(24-23-17)10-12-2-5-14(20)6-3-12/h2-7,11,21H,8-10H2,1H3,(H,22,23,24). The SMILES string of the molecule is COc1ccc(Cl)cc1S(=O)(=O)NCCc1n[nH]c(Cc2ccc(F)cc2)n1. The van der Waals surface area contributed by atoms with Crippen molar-refractivity contribution in [1.29, 1.82) is 0 Å². The van der Waals surface area contributed by atoms with Crippen LogP contribution in [0, 0.1) is 5.82 Å². The third-order valence-electron chi connectivity index (χ3n) is 3.92. The number of aromatic nitrogens is 3. The summed E-state index contributed by atoms with van der Waals surface area (Å²) in [5.74, 6) is 0.987. The molecule has 10 heteroatoms. The molecule has 0 radical (unpaired) electrons. The molecule has 7 nitrogen and oxygen atoms in total. The van der Waals surface area contributed by atoms with E-state index in [1.54, 1.807) is 18.2 Å². The quantitative estimate of drug-likeness (QED) is 0.579. The van der Waals surface area contributed by atoms with Crippen molar-refractivity contribution in [1.82, 2.24) is 19.9 Å². The summed E-state index contributed by atoms with van der Waals surface area (Å²) in [7, 11) is -2.41. The number of sulfonamides is 1. The predicted octanol–water partition coefficient (Wildman–Crippen LogP) is 2.72. The maximum atomic E-state index is 13.0. The van der Waals surface area contributed by atoms with Crippen molar-refractivity contribution in [3.05, 3.63) is 70.5 Å². The fourth-order valence-electron chi connectivity index (χ4n) is 2.56. The molecule has 28 heavy (non-hydrogen) atoms. The summed E-state index contributed by atoms with van der Waals surface area (Å²) in [6.45, 7) is 0.103. The number of ether oxygens (including phenoxy) is 1. The zero-order chi connectivity index (χ0) is 20.1. The Labute approximate surface area is 167 Å². The van der Waals surface area contributed by atoms with Gasteiger partial charge in [0.05, 0.1) is 7.11 Å². The van der Waals surface area contributed by atoms with E-state index in [9.17, 15) is 12.8 Å². The fourth-order valence-corrected chi connectivity index (χ4v) is 4.02. The number of methoxy groups -OCH3 is 1. The van der Waals surface area contributed by atoms with E-state index in [0.717, 1.165) is 5.56 Å². The zero-order valence-corrected chi connectivity index (χ0v) is 16.5. The van der Waals surface area contributed by atoms with Crippen molar-refractivity contribution >= 4 is 21.6 Å². The number of hydrogen-bond donors (Lipinski definition) is 2. The van der Waals surface area contributed by atoms with Gasteiger partial charge in [0.1, 0.15) is 22.3 Å². The van der Waals surface area contributed by atoms with Crippen molar-refractivity contribution < 1.29 is 17.5 Å². The monoisotopic (exact) mass is 424 g/mol. The average molecular weight is 425 g/mol. The number of nitrogens with one attached hydrogen (secondary N) is 2. The smallest absolute Gasteiger partial charge is 0.244 e. The summed E-state index contributed by atoms with van der Waals surface area (Å²) in [6.07, 6.45) is 0.765. The summed E-state index contributed by atoms with van der Waals surface area (Å²) in [6, 6.07) is 10.5. The van der Waals surface area contributed by atoms with Crippen LogP contribution in [-0.4, -0.2) is 37.3 Å². The average Bonchev–Trinajstić information content (AvgIpc) is 3.10. The van der Waals surface area contributed by atoms with Gasteiger partial charge in [0.15, 0.2) is 5.82 Å². The lowest BCUT2D eigenvalue weighted by Crippen LogP contribution is -2.26. The van der Waals surface area contributed by atoms with Gasteiger partial charge in [0, 0.05) is 24.4 Å². The van der Waals surface area contributed by atoms with Gasteiger partial charge in [0.2, 0.25) is 10.0 Å². The second-order valence-electron chi connectivity index (χ2n) is 5.94. The minimum atomic E-state index is -3.80. The largest absolute Gasteiger partial charge is 0.495 e. The van der Waals surface area contributed by atoms with Crippen LogP contribution in [0.5, 0.6) is 5.75 Å². The topological polar surface area (TPSA) is 97.0 Å². The molecular formula is C18H18ClFN4O3S. The van der Waals surface area contributed by atoms with Gasteiger partial charge in [-0.1, -0.05) is 23.7 Å². The van der Waals surface area contributed by atoms with Gasteiger partial charge in [-0.15, -0.1) is 0 Å². The van der Waals surface area contributed by atoms with Gasteiger partial charge >= 0.3 is 0 Å². The summed E-state index contributed by atoms with van der Waals surface area (Å²) < 4.78 is 45.5. The number of aromatic amines is 1. The van der Waals surface area contributed by atoms with E-state index in [1.165, 1.54) is 31.4 Å². The Bertz CT molecular complexity index is 1050. The molecule has 148 valence electrons. The Morgan fingerprint density at radius 2 is 1.96 bits per heavy atom. The highest BCUT2D eigenvalue weighted by molar-refractivity contribution is 7.89. The van der Waals surface area contributed by atoms with E-state index in [2.05, 4.69) is 19.9 Å². The van der Waals surface area contributed by atoms with Crippen LogP contribution in [0.15, 0.2) is 47.4 Å². The first-order chi connectivity index (χ1) is 13.4. The number of hydrogen-bond acceptors (Lipinski definition) is 5. The molecule has 2 N–H and O–H groups in total. The molecular weight excluding hydrogens is 407 g/mol. The van der Waals surface area contributed by atoms with E-state index in [0.29, 0.717) is 29.5 Å². The third kappa shape index (κ3) is 5.06. The van der Waals surface area contributed by atoms with Crippen LogP contribution in [0.2, 0.25) is 5.02 Å². The lowest BCUT2D eigenvalue weighted by molar-refractivity contribution is 0.402.